The number of aliphatic imine (C=N–C) groups is 1. The minimum absolute atomic E-state index is 0.237. The highest BCUT2D eigenvalue weighted by atomic mass is 35.5. The molecule has 0 aliphatic rings. The van der Waals surface area contributed by atoms with Crippen molar-refractivity contribution in [2.75, 3.05) is 13.6 Å². The van der Waals surface area contributed by atoms with Crippen LogP contribution in [0.4, 0.5) is 0 Å². The number of H-pyrrole nitrogens is 1. The van der Waals surface area contributed by atoms with Crippen molar-refractivity contribution in [2.45, 2.75) is 19.9 Å². The number of rotatable bonds is 7. The lowest BCUT2D eigenvalue weighted by Crippen LogP contribution is -2.35. The summed E-state index contributed by atoms with van der Waals surface area (Å²) in [6.45, 7) is 1.99. The summed E-state index contributed by atoms with van der Waals surface area (Å²) in [6.07, 6.45) is 4.66. The van der Waals surface area contributed by atoms with E-state index >= 15 is 0 Å². The zero-order chi connectivity index (χ0) is 22.5. The molecule has 0 spiro atoms. The minimum Gasteiger partial charge on any atom is -0.349 e. The number of aromatic amines is 1. The number of benzene rings is 1. The number of carbonyl (C=O) groups is 1. The molecule has 162 valence electrons. The zero-order valence-corrected chi connectivity index (χ0v) is 18.4. The lowest BCUT2D eigenvalue weighted by molar-refractivity contribution is -0.121. The maximum absolute atomic E-state index is 12.9. The van der Waals surface area contributed by atoms with Crippen LogP contribution in [0.3, 0.4) is 0 Å². The number of hydrogen-bond donors (Lipinski definition) is 2. The third-order valence-electron chi connectivity index (χ3n) is 4.82. The van der Waals surface area contributed by atoms with Crippen molar-refractivity contribution in [3.8, 4) is 11.3 Å². The van der Waals surface area contributed by atoms with Crippen LogP contribution in [0.1, 0.15) is 13.3 Å². The minimum atomic E-state index is -0.408. The van der Waals surface area contributed by atoms with Gasteiger partial charge in [-0.3, -0.25) is 33.7 Å². The Hall–Kier alpha value is -3.39. The van der Waals surface area contributed by atoms with E-state index in [0.717, 1.165) is 6.42 Å². The topological polar surface area (TPSA) is 101 Å². The quantitative estimate of drug-likeness (QED) is 0.551. The molecule has 0 saturated heterocycles. The molecule has 2 aromatic heterocycles. The van der Waals surface area contributed by atoms with Crippen LogP contribution >= 0.6 is 11.6 Å². The Labute approximate surface area is 183 Å². The molecule has 2 heterocycles. The Morgan fingerprint density at radius 3 is 2.74 bits per heavy atom. The van der Waals surface area contributed by atoms with Crippen molar-refractivity contribution in [2.24, 2.45) is 12.0 Å². The fraction of sp³-hybridized carbons (Fsp3) is 0.273. The van der Waals surface area contributed by atoms with Crippen molar-refractivity contribution in [3.63, 3.8) is 0 Å². The second-order valence-corrected chi connectivity index (χ2v) is 7.43. The summed E-state index contributed by atoms with van der Waals surface area (Å²) >= 11 is 6.15. The standard InChI is InChI=1S/C22H24ClN5O3/c1-4-5-9-16(24-2)12-25-18(29)13-28-19(30)11-17-20(22(31)27(3)26-17)21(28)14-7-6-8-15(23)10-14/h5-11,26H,4,12-13H2,1-3H3,(H,25,29)/b9-5-,24-16?. The van der Waals surface area contributed by atoms with E-state index < -0.39 is 5.56 Å². The summed E-state index contributed by atoms with van der Waals surface area (Å²) in [5.41, 5.74) is 1.32. The van der Waals surface area contributed by atoms with Gasteiger partial charge in [-0.05, 0) is 24.6 Å². The van der Waals surface area contributed by atoms with Gasteiger partial charge in [-0.15, -0.1) is 0 Å². The molecule has 0 radical (unpaired) electrons. The van der Waals surface area contributed by atoms with Gasteiger partial charge in [-0.1, -0.05) is 36.7 Å². The Bertz CT molecular complexity index is 1300. The largest absolute Gasteiger partial charge is 0.349 e. The molecule has 1 aromatic carbocycles. The van der Waals surface area contributed by atoms with Crippen LogP contribution < -0.4 is 16.4 Å². The van der Waals surface area contributed by atoms with Gasteiger partial charge in [0.15, 0.2) is 0 Å². The van der Waals surface area contributed by atoms with Crippen LogP contribution in [0.5, 0.6) is 0 Å². The summed E-state index contributed by atoms with van der Waals surface area (Å²) in [5.74, 6) is -0.372. The normalized spacial score (nSPS) is 12.1. The highest BCUT2D eigenvalue weighted by Gasteiger charge is 2.19. The monoisotopic (exact) mass is 441 g/mol. The maximum atomic E-state index is 12.9. The number of carbonyl (C=O) groups excluding carboxylic acids is 1. The van der Waals surface area contributed by atoms with E-state index in [4.69, 9.17) is 11.6 Å². The molecule has 31 heavy (non-hydrogen) atoms. The number of halogens is 1. The van der Waals surface area contributed by atoms with Crippen LogP contribution in [0, 0.1) is 0 Å². The van der Waals surface area contributed by atoms with Gasteiger partial charge in [0, 0.05) is 30.7 Å². The van der Waals surface area contributed by atoms with Crippen LogP contribution in [0.25, 0.3) is 22.2 Å². The first-order valence-corrected chi connectivity index (χ1v) is 10.2. The molecule has 0 aliphatic carbocycles. The first kappa shape index (κ1) is 22.3. The van der Waals surface area contributed by atoms with Gasteiger partial charge >= 0.3 is 0 Å². The molecule has 1 amide bonds. The molecule has 8 nitrogen and oxygen atoms in total. The lowest BCUT2D eigenvalue weighted by Gasteiger charge is -2.14. The molecule has 0 aliphatic heterocycles. The molecule has 2 N–H and O–H groups in total. The fourth-order valence-corrected chi connectivity index (χ4v) is 3.49. The third-order valence-corrected chi connectivity index (χ3v) is 5.05. The number of hydrogen-bond acceptors (Lipinski definition) is 4. The first-order chi connectivity index (χ1) is 14.8. The summed E-state index contributed by atoms with van der Waals surface area (Å²) in [5, 5.41) is 6.43. The third kappa shape index (κ3) is 4.86. The molecule has 9 heteroatoms. The lowest BCUT2D eigenvalue weighted by atomic mass is 10.1. The molecule has 3 rings (SSSR count). The maximum Gasteiger partial charge on any atom is 0.276 e. The summed E-state index contributed by atoms with van der Waals surface area (Å²) < 4.78 is 2.59. The number of pyridine rings is 1. The first-order valence-electron chi connectivity index (χ1n) is 9.83. The number of nitrogens with zero attached hydrogens (tertiary/aromatic N) is 3. The fourth-order valence-electron chi connectivity index (χ4n) is 3.30. The Kier molecular flexibility index (Phi) is 6.91. The number of aryl methyl sites for hydroxylation is 1. The molecule has 0 saturated carbocycles. The average molecular weight is 442 g/mol. The van der Waals surface area contributed by atoms with Gasteiger partial charge in [0.25, 0.3) is 11.1 Å². The van der Waals surface area contributed by atoms with E-state index in [1.54, 1.807) is 38.4 Å². The number of aromatic nitrogens is 3. The van der Waals surface area contributed by atoms with Gasteiger partial charge < -0.3 is 5.32 Å². The summed E-state index contributed by atoms with van der Waals surface area (Å²) in [6, 6.07) is 8.16. The SMILES string of the molecule is CC/C=C\C(CNC(=O)Cn1c(-c2cccc(Cl)c2)c2c(=O)n(C)[nH]c2cc1=O)=NC. The zero-order valence-electron chi connectivity index (χ0n) is 17.6. The van der Waals surface area contributed by atoms with Crippen LogP contribution in [-0.2, 0) is 18.4 Å². The van der Waals surface area contributed by atoms with Gasteiger partial charge in [-0.25, -0.2) is 0 Å². The van der Waals surface area contributed by atoms with Gasteiger partial charge in [0.1, 0.15) is 6.54 Å². The van der Waals surface area contributed by atoms with E-state index in [1.165, 1.54) is 15.3 Å². The molecular formula is C22H24ClN5O3. The average Bonchev–Trinajstić information content (AvgIpc) is 3.02. The van der Waals surface area contributed by atoms with Crippen LogP contribution in [0.15, 0.2) is 57.1 Å². The van der Waals surface area contributed by atoms with Crippen molar-refractivity contribution < 1.29 is 4.79 Å². The number of amides is 1. The van der Waals surface area contributed by atoms with E-state index in [2.05, 4.69) is 15.4 Å². The Morgan fingerprint density at radius 2 is 2.06 bits per heavy atom. The Balaban J connectivity index is 2.05. The van der Waals surface area contributed by atoms with Crippen molar-refractivity contribution in [1.82, 2.24) is 19.7 Å². The van der Waals surface area contributed by atoms with E-state index in [9.17, 15) is 14.4 Å². The summed E-state index contributed by atoms with van der Waals surface area (Å²) in [7, 11) is 3.22. The second-order valence-electron chi connectivity index (χ2n) is 6.99. The van der Waals surface area contributed by atoms with Crippen molar-refractivity contribution in [1.29, 1.82) is 0 Å². The van der Waals surface area contributed by atoms with E-state index in [-0.39, 0.29) is 24.6 Å². The molecule has 0 fully saturated rings. The number of allylic oxidation sites excluding steroid dienone is 1. The van der Waals surface area contributed by atoms with E-state index in [1.807, 2.05) is 19.1 Å². The van der Waals surface area contributed by atoms with E-state index in [0.29, 0.717) is 32.9 Å². The molecule has 0 atom stereocenters. The second kappa shape index (κ2) is 9.61. The molecule has 3 aromatic rings. The predicted molar refractivity (Wildman–Crippen MR) is 124 cm³/mol. The predicted octanol–water partition coefficient (Wildman–Crippen LogP) is 2.50. The van der Waals surface area contributed by atoms with Crippen molar-refractivity contribution >= 4 is 34.1 Å². The van der Waals surface area contributed by atoms with Gasteiger partial charge in [0.2, 0.25) is 5.91 Å². The van der Waals surface area contributed by atoms with Crippen LogP contribution in [0.2, 0.25) is 5.02 Å². The Morgan fingerprint density at radius 1 is 1.29 bits per heavy atom. The van der Waals surface area contributed by atoms with Crippen LogP contribution in [-0.4, -0.2) is 39.6 Å². The molecular weight excluding hydrogens is 418 g/mol. The highest BCUT2D eigenvalue weighted by molar-refractivity contribution is 6.30. The smallest absolute Gasteiger partial charge is 0.276 e. The summed E-state index contributed by atoms with van der Waals surface area (Å²) in [4.78, 5) is 42.5. The number of nitrogens with one attached hydrogen (secondary N) is 2. The highest BCUT2D eigenvalue weighted by Crippen LogP contribution is 2.26. The number of fused-ring (bicyclic) bond motifs is 1. The molecule has 0 unspecified atom stereocenters. The van der Waals surface area contributed by atoms with Gasteiger partial charge in [0.05, 0.1) is 28.9 Å². The molecule has 0 bridgehead atoms. The van der Waals surface area contributed by atoms with Gasteiger partial charge in [-0.2, -0.15) is 0 Å². The van der Waals surface area contributed by atoms with Crippen molar-refractivity contribution in [3.05, 3.63) is 68.2 Å².